The molecule has 2 aliphatic heterocycles. The zero-order valence-electron chi connectivity index (χ0n) is 14.5. The molecule has 6 nitrogen and oxygen atoms in total. The summed E-state index contributed by atoms with van der Waals surface area (Å²) in [7, 11) is 0. The van der Waals surface area contributed by atoms with E-state index in [0.29, 0.717) is 36.6 Å². The van der Waals surface area contributed by atoms with Gasteiger partial charge in [-0.3, -0.25) is 9.69 Å². The van der Waals surface area contributed by atoms with Gasteiger partial charge in [0.2, 0.25) is 0 Å². The van der Waals surface area contributed by atoms with Crippen molar-refractivity contribution in [1.82, 2.24) is 9.80 Å². The fraction of sp³-hybridized carbons (Fsp3) is 0.300. The molecule has 2 aliphatic rings. The molecule has 2 fully saturated rings. The Morgan fingerprint density at radius 1 is 1.19 bits per heavy atom. The van der Waals surface area contributed by atoms with Crippen LogP contribution in [0.15, 0.2) is 48.5 Å². The van der Waals surface area contributed by atoms with Gasteiger partial charge in [0.05, 0.1) is 12.6 Å². The molecular weight excluding hydrogens is 368 g/mol. The molecule has 0 unspecified atom stereocenters. The third kappa shape index (κ3) is 3.57. The first kappa shape index (κ1) is 17.7. The van der Waals surface area contributed by atoms with Crippen LogP contribution in [0.25, 0.3) is 0 Å². The summed E-state index contributed by atoms with van der Waals surface area (Å²) >= 11 is 6.01. The Kier molecular flexibility index (Phi) is 4.66. The van der Waals surface area contributed by atoms with Gasteiger partial charge in [0.25, 0.3) is 5.91 Å². The molecule has 1 N–H and O–H groups in total. The molecule has 0 radical (unpaired) electrons. The lowest BCUT2D eigenvalue weighted by molar-refractivity contribution is 0.0728. The predicted molar refractivity (Wildman–Crippen MR) is 99.9 cm³/mol. The molecule has 2 heterocycles. The SMILES string of the molecule is O=C(c1cccc(O)c1)N1C[C@@H]2OC(=O)N(CCc3cccc(Cl)c3)[C@@H]2C1. The number of amides is 2. The van der Waals surface area contributed by atoms with Gasteiger partial charge in [0, 0.05) is 23.7 Å². The second-order valence-electron chi connectivity index (χ2n) is 6.82. The van der Waals surface area contributed by atoms with Crippen LogP contribution in [0.2, 0.25) is 5.02 Å². The highest BCUT2D eigenvalue weighted by molar-refractivity contribution is 6.30. The van der Waals surface area contributed by atoms with Crippen LogP contribution in [0.1, 0.15) is 15.9 Å². The minimum atomic E-state index is -0.337. The van der Waals surface area contributed by atoms with E-state index in [1.807, 2.05) is 24.3 Å². The summed E-state index contributed by atoms with van der Waals surface area (Å²) in [5, 5.41) is 10.2. The largest absolute Gasteiger partial charge is 0.508 e. The summed E-state index contributed by atoms with van der Waals surface area (Å²) < 4.78 is 5.47. The van der Waals surface area contributed by atoms with Crippen LogP contribution in [-0.2, 0) is 11.2 Å². The van der Waals surface area contributed by atoms with Gasteiger partial charge in [-0.25, -0.2) is 4.79 Å². The van der Waals surface area contributed by atoms with E-state index in [4.69, 9.17) is 16.3 Å². The standard InChI is InChI=1S/C20H19ClN2O4/c21-15-5-1-3-13(9-15)7-8-23-17-11-22(12-18(17)27-20(23)26)19(25)14-4-2-6-16(24)10-14/h1-6,9-10,17-18,24H,7-8,11-12H2/t17-,18+/m1/s1. The molecule has 0 aromatic heterocycles. The fourth-order valence-corrected chi connectivity index (χ4v) is 3.90. The van der Waals surface area contributed by atoms with Crippen LogP contribution in [0, 0.1) is 0 Å². The molecule has 2 saturated heterocycles. The molecule has 7 heteroatoms. The van der Waals surface area contributed by atoms with Gasteiger partial charge >= 0.3 is 6.09 Å². The van der Waals surface area contributed by atoms with Crippen LogP contribution in [0.4, 0.5) is 4.79 Å². The maximum Gasteiger partial charge on any atom is 0.410 e. The molecule has 140 valence electrons. The highest BCUT2D eigenvalue weighted by atomic mass is 35.5. The smallest absolute Gasteiger partial charge is 0.410 e. The molecule has 0 bridgehead atoms. The monoisotopic (exact) mass is 386 g/mol. The molecule has 2 aromatic rings. The zero-order chi connectivity index (χ0) is 19.0. The van der Waals surface area contributed by atoms with Crippen molar-refractivity contribution in [3.8, 4) is 5.75 Å². The summed E-state index contributed by atoms with van der Waals surface area (Å²) in [5.74, 6) is -0.124. The highest BCUT2D eigenvalue weighted by Crippen LogP contribution is 2.28. The van der Waals surface area contributed by atoms with Gasteiger partial charge < -0.3 is 14.7 Å². The highest BCUT2D eigenvalue weighted by Gasteiger charge is 2.48. The molecule has 27 heavy (non-hydrogen) atoms. The topological polar surface area (TPSA) is 70.1 Å². The molecule has 0 spiro atoms. The van der Waals surface area contributed by atoms with E-state index in [9.17, 15) is 14.7 Å². The van der Waals surface area contributed by atoms with Crippen molar-refractivity contribution in [1.29, 1.82) is 0 Å². The predicted octanol–water partition coefficient (Wildman–Crippen LogP) is 2.93. The lowest BCUT2D eigenvalue weighted by Gasteiger charge is -2.22. The first-order valence-corrected chi connectivity index (χ1v) is 9.19. The molecule has 4 rings (SSSR count). The number of phenolic OH excluding ortho intramolecular Hbond substituents is 1. The van der Waals surface area contributed by atoms with E-state index >= 15 is 0 Å². The molecular formula is C20H19ClN2O4. The number of likely N-dealkylation sites (tertiary alicyclic amines) is 1. The minimum Gasteiger partial charge on any atom is -0.508 e. The lowest BCUT2D eigenvalue weighted by Crippen LogP contribution is -2.40. The second kappa shape index (κ2) is 7.12. The molecule has 0 saturated carbocycles. The number of halogens is 1. The maximum absolute atomic E-state index is 12.7. The van der Waals surface area contributed by atoms with Crippen molar-refractivity contribution in [2.45, 2.75) is 18.6 Å². The zero-order valence-corrected chi connectivity index (χ0v) is 15.3. The van der Waals surface area contributed by atoms with Gasteiger partial charge in [-0.2, -0.15) is 0 Å². The van der Waals surface area contributed by atoms with Crippen molar-refractivity contribution in [2.75, 3.05) is 19.6 Å². The number of hydrogen-bond acceptors (Lipinski definition) is 4. The number of aromatic hydroxyl groups is 1. The normalized spacial score (nSPS) is 21.3. The van der Waals surface area contributed by atoms with E-state index in [1.165, 1.54) is 12.1 Å². The Balaban J connectivity index is 1.43. The van der Waals surface area contributed by atoms with Crippen molar-refractivity contribution in [2.24, 2.45) is 0 Å². The number of rotatable bonds is 4. The van der Waals surface area contributed by atoms with Gasteiger partial charge in [0.15, 0.2) is 0 Å². The van der Waals surface area contributed by atoms with E-state index in [1.54, 1.807) is 21.9 Å². The quantitative estimate of drug-likeness (QED) is 0.877. The summed E-state index contributed by atoms with van der Waals surface area (Å²) in [5.41, 5.74) is 1.47. The van der Waals surface area contributed by atoms with Crippen molar-refractivity contribution in [3.63, 3.8) is 0 Å². The molecule has 2 atom stereocenters. The second-order valence-corrected chi connectivity index (χ2v) is 7.26. The summed E-state index contributed by atoms with van der Waals surface area (Å²) in [6, 6.07) is 13.7. The molecule has 2 aromatic carbocycles. The van der Waals surface area contributed by atoms with E-state index in [0.717, 1.165) is 5.56 Å². The Bertz CT molecular complexity index is 888. The third-order valence-electron chi connectivity index (χ3n) is 5.03. The first-order valence-electron chi connectivity index (χ1n) is 8.81. The van der Waals surface area contributed by atoms with E-state index in [2.05, 4.69) is 0 Å². The third-order valence-corrected chi connectivity index (χ3v) is 5.27. The average Bonchev–Trinajstić information content (AvgIpc) is 3.16. The average molecular weight is 387 g/mol. The van der Waals surface area contributed by atoms with Crippen LogP contribution in [-0.4, -0.2) is 58.7 Å². The Hall–Kier alpha value is -2.73. The molecule has 0 aliphatic carbocycles. The van der Waals surface area contributed by atoms with Gasteiger partial charge in [-0.15, -0.1) is 0 Å². The number of ether oxygens (including phenoxy) is 1. The fourth-order valence-electron chi connectivity index (χ4n) is 3.69. The molecule has 2 amide bonds. The lowest BCUT2D eigenvalue weighted by atomic mass is 10.1. The van der Waals surface area contributed by atoms with E-state index in [-0.39, 0.29) is 29.9 Å². The summed E-state index contributed by atoms with van der Waals surface area (Å²) in [4.78, 5) is 28.3. The Morgan fingerprint density at radius 2 is 2.00 bits per heavy atom. The van der Waals surface area contributed by atoms with Crippen molar-refractivity contribution < 1.29 is 19.4 Å². The van der Waals surface area contributed by atoms with Gasteiger partial charge in [-0.1, -0.05) is 29.8 Å². The van der Waals surface area contributed by atoms with Gasteiger partial charge in [-0.05, 0) is 42.3 Å². The van der Waals surface area contributed by atoms with Crippen molar-refractivity contribution in [3.05, 3.63) is 64.7 Å². The first-order chi connectivity index (χ1) is 13.0. The Labute approximate surface area is 161 Å². The van der Waals surface area contributed by atoms with Crippen molar-refractivity contribution >= 4 is 23.6 Å². The number of nitrogens with zero attached hydrogens (tertiary/aromatic N) is 2. The number of phenols is 1. The summed E-state index contributed by atoms with van der Waals surface area (Å²) in [6.45, 7) is 1.29. The van der Waals surface area contributed by atoms with Gasteiger partial charge in [0.1, 0.15) is 11.9 Å². The van der Waals surface area contributed by atoms with Crippen LogP contribution < -0.4 is 0 Å². The van der Waals surface area contributed by atoms with E-state index < -0.39 is 0 Å². The summed E-state index contributed by atoms with van der Waals surface area (Å²) in [6.07, 6.45) is 0.00828. The number of fused-ring (bicyclic) bond motifs is 1. The number of carbonyl (C=O) groups excluding carboxylic acids is 2. The maximum atomic E-state index is 12.7. The Morgan fingerprint density at radius 3 is 2.78 bits per heavy atom. The minimum absolute atomic E-state index is 0.0508. The van der Waals surface area contributed by atoms with Crippen LogP contribution >= 0.6 is 11.6 Å². The number of benzene rings is 2. The number of carbonyl (C=O) groups is 2. The number of hydrogen-bond donors (Lipinski definition) is 1. The van der Waals surface area contributed by atoms with Crippen LogP contribution in [0.5, 0.6) is 5.75 Å². The van der Waals surface area contributed by atoms with Crippen LogP contribution in [0.3, 0.4) is 0 Å².